The second-order valence-electron chi connectivity index (χ2n) is 11.0. The summed E-state index contributed by atoms with van der Waals surface area (Å²) in [6.45, 7) is 11.6. The molecule has 6 nitrogen and oxygen atoms in total. The van der Waals surface area contributed by atoms with Gasteiger partial charge in [-0.3, -0.25) is 4.90 Å². The maximum atomic E-state index is 12.1. The molecular formula is C28H37Cl3N4O2. The molecule has 0 radical (unpaired) electrons. The molecule has 0 spiro atoms. The fraction of sp³-hybridized carbons (Fsp3) is 0.536. The molecule has 2 aromatic carbocycles. The highest BCUT2D eigenvalue weighted by Crippen LogP contribution is 2.34. The van der Waals surface area contributed by atoms with Gasteiger partial charge in [-0.1, -0.05) is 40.9 Å². The first-order chi connectivity index (χ1) is 17.5. The Hall–Kier alpha value is -1.86. The third kappa shape index (κ3) is 7.60. The number of hydrogen-bond acceptors (Lipinski definition) is 5. The SMILES string of the molecule is CC(Nc1cc(N2CCC(N3CCC(NC(=O)OC(C)(C)C)C3)CC2)ccc1Cl)c1ccc(Cl)cc1Cl. The van der Waals surface area contributed by atoms with Gasteiger partial charge < -0.3 is 20.3 Å². The molecule has 9 heteroatoms. The van der Waals surface area contributed by atoms with E-state index in [0.717, 1.165) is 62.4 Å². The minimum atomic E-state index is -0.479. The lowest BCUT2D eigenvalue weighted by Gasteiger charge is -2.38. The van der Waals surface area contributed by atoms with Gasteiger partial charge in [-0.2, -0.15) is 0 Å². The summed E-state index contributed by atoms with van der Waals surface area (Å²) in [5.41, 5.74) is 2.53. The van der Waals surface area contributed by atoms with Crippen LogP contribution in [-0.4, -0.2) is 54.9 Å². The number of halogens is 3. The molecule has 2 atom stereocenters. The highest BCUT2D eigenvalue weighted by Gasteiger charge is 2.32. The molecule has 1 amide bonds. The van der Waals surface area contributed by atoms with Crippen LogP contribution >= 0.6 is 34.8 Å². The van der Waals surface area contributed by atoms with Crippen molar-refractivity contribution in [2.45, 2.75) is 70.7 Å². The third-order valence-electron chi connectivity index (χ3n) is 7.04. The fourth-order valence-corrected chi connectivity index (χ4v) is 5.93. The molecule has 37 heavy (non-hydrogen) atoms. The van der Waals surface area contributed by atoms with Gasteiger partial charge in [0.15, 0.2) is 0 Å². The van der Waals surface area contributed by atoms with Crippen molar-refractivity contribution >= 4 is 52.3 Å². The highest BCUT2D eigenvalue weighted by molar-refractivity contribution is 6.35. The number of amides is 1. The minimum absolute atomic E-state index is 0.0272. The molecule has 2 unspecified atom stereocenters. The molecular weight excluding hydrogens is 531 g/mol. The lowest BCUT2D eigenvalue weighted by atomic mass is 10.0. The zero-order valence-corrected chi connectivity index (χ0v) is 24.3. The first-order valence-electron chi connectivity index (χ1n) is 13.0. The van der Waals surface area contributed by atoms with Crippen LogP contribution in [0.15, 0.2) is 36.4 Å². The van der Waals surface area contributed by atoms with Crippen LogP contribution in [-0.2, 0) is 4.74 Å². The normalized spacial score (nSPS) is 20.1. The van der Waals surface area contributed by atoms with E-state index >= 15 is 0 Å². The number of nitrogens with one attached hydrogen (secondary N) is 2. The second-order valence-corrected chi connectivity index (χ2v) is 12.3. The lowest BCUT2D eigenvalue weighted by Crippen LogP contribution is -2.46. The van der Waals surface area contributed by atoms with Gasteiger partial charge in [-0.05, 0) is 82.9 Å². The van der Waals surface area contributed by atoms with E-state index in [1.165, 1.54) is 0 Å². The highest BCUT2D eigenvalue weighted by atomic mass is 35.5. The summed E-state index contributed by atoms with van der Waals surface area (Å²) in [5.74, 6) is 0. The molecule has 4 rings (SSSR count). The monoisotopic (exact) mass is 566 g/mol. The summed E-state index contributed by atoms with van der Waals surface area (Å²) < 4.78 is 5.42. The van der Waals surface area contributed by atoms with Crippen molar-refractivity contribution in [3.63, 3.8) is 0 Å². The number of carbonyl (C=O) groups excluding carboxylic acids is 1. The zero-order valence-electron chi connectivity index (χ0n) is 22.0. The number of hydrogen-bond donors (Lipinski definition) is 2. The lowest BCUT2D eigenvalue weighted by molar-refractivity contribution is 0.0504. The second kappa shape index (κ2) is 11.9. The Kier molecular flexibility index (Phi) is 9.05. The van der Waals surface area contributed by atoms with E-state index in [1.807, 2.05) is 39.0 Å². The molecule has 2 saturated heterocycles. The molecule has 0 aromatic heterocycles. The molecule has 2 N–H and O–H groups in total. The Morgan fingerprint density at radius 3 is 2.41 bits per heavy atom. The molecule has 202 valence electrons. The van der Waals surface area contributed by atoms with Gasteiger partial charge in [0.2, 0.25) is 0 Å². The van der Waals surface area contributed by atoms with Gasteiger partial charge in [0, 0.05) is 54.0 Å². The number of ether oxygens (including phenoxy) is 1. The van der Waals surface area contributed by atoms with E-state index in [4.69, 9.17) is 39.5 Å². The van der Waals surface area contributed by atoms with E-state index in [9.17, 15) is 4.79 Å². The van der Waals surface area contributed by atoms with Crippen molar-refractivity contribution in [3.8, 4) is 0 Å². The van der Waals surface area contributed by atoms with E-state index in [2.05, 4.69) is 39.5 Å². The maximum absolute atomic E-state index is 12.1. The number of alkyl carbamates (subject to hydrolysis) is 1. The molecule has 2 aliphatic heterocycles. The molecule has 0 aliphatic carbocycles. The Morgan fingerprint density at radius 1 is 1.00 bits per heavy atom. The van der Waals surface area contributed by atoms with Crippen LogP contribution in [0.4, 0.5) is 16.2 Å². The van der Waals surface area contributed by atoms with Crippen molar-refractivity contribution in [2.75, 3.05) is 36.4 Å². The third-order valence-corrected chi connectivity index (χ3v) is 7.93. The minimum Gasteiger partial charge on any atom is -0.444 e. The number of piperidine rings is 1. The Bertz CT molecular complexity index is 1100. The smallest absolute Gasteiger partial charge is 0.407 e. The van der Waals surface area contributed by atoms with Crippen LogP contribution in [0.5, 0.6) is 0 Å². The molecule has 2 heterocycles. The van der Waals surface area contributed by atoms with Crippen LogP contribution < -0.4 is 15.5 Å². The fourth-order valence-electron chi connectivity index (χ4n) is 5.18. The van der Waals surface area contributed by atoms with E-state index in [-0.39, 0.29) is 18.2 Å². The van der Waals surface area contributed by atoms with Crippen LogP contribution in [0, 0.1) is 0 Å². The summed E-state index contributed by atoms with van der Waals surface area (Å²) in [5, 5.41) is 8.48. The van der Waals surface area contributed by atoms with Gasteiger partial charge in [0.05, 0.1) is 16.8 Å². The summed E-state index contributed by atoms with van der Waals surface area (Å²) >= 11 is 19.0. The van der Waals surface area contributed by atoms with Gasteiger partial charge in [0.1, 0.15) is 5.60 Å². The molecule has 2 aromatic rings. The quantitative estimate of drug-likeness (QED) is 0.381. The van der Waals surface area contributed by atoms with Crippen molar-refractivity contribution in [2.24, 2.45) is 0 Å². The summed E-state index contributed by atoms with van der Waals surface area (Å²) in [6.07, 6.45) is 2.80. The van der Waals surface area contributed by atoms with Crippen molar-refractivity contribution < 1.29 is 9.53 Å². The Morgan fingerprint density at radius 2 is 1.73 bits per heavy atom. The summed E-state index contributed by atoms with van der Waals surface area (Å²) in [7, 11) is 0. The number of carbonyl (C=O) groups is 1. The first kappa shape index (κ1) is 28.2. The molecule has 2 aliphatic rings. The van der Waals surface area contributed by atoms with Crippen LogP contribution in [0.1, 0.15) is 58.6 Å². The predicted octanol–water partition coefficient (Wildman–Crippen LogP) is 7.39. The van der Waals surface area contributed by atoms with Crippen molar-refractivity contribution in [1.29, 1.82) is 0 Å². The van der Waals surface area contributed by atoms with Gasteiger partial charge in [-0.25, -0.2) is 4.79 Å². The zero-order chi connectivity index (χ0) is 26.7. The number of rotatable bonds is 6. The summed E-state index contributed by atoms with van der Waals surface area (Å²) in [4.78, 5) is 17.1. The predicted molar refractivity (Wildman–Crippen MR) is 155 cm³/mol. The van der Waals surface area contributed by atoms with E-state index in [0.29, 0.717) is 21.1 Å². The number of benzene rings is 2. The van der Waals surface area contributed by atoms with Gasteiger partial charge >= 0.3 is 6.09 Å². The summed E-state index contributed by atoms with van der Waals surface area (Å²) in [6, 6.07) is 12.4. The molecule has 0 bridgehead atoms. The van der Waals surface area contributed by atoms with E-state index < -0.39 is 5.60 Å². The van der Waals surface area contributed by atoms with Crippen molar-refractivity contribution in [3.05, 3.63) is 57.0 Å². The van der Waals surface area contributed by atoms with Crippen LogP contribution in [0.25, 0.3) is 0 Å². The number of anilines is 2. The Balaban J connectivity index is 1.31. The number of likely N-dealkylation sites (tertiary alicyclic amines) is 1. The largest absolute Gasteiger partial charge is 0.444 e. The average molecular weight is 568 g/mol. The van der Waals surface area contributed by atoms with E-state index in [1.54, 1.807) is 6.07 Å². The van der Waals surface area contributed by atoms with Crippen LogP contribution in [0.3, 0.4) is 0 Å². The average Bonchev–Trinajstić information content (AvgIpc) is 3.27. The van der Waals surface area contributed by atoms with Gasteiger partial charge in [0.25, 0.3) is 0 Å². The van der Waals surface area contributed by atoms with Gasteiger partial charge in [-0.15, -0.1) is 0 Å². The molecule has 2 fully saturated rings. The van der Waals surface area contributed by atoms with Crippen molar-refractivity contribution in [1.82, 2.24) is 10.2 Å². The molecule has 0 saturated carbocycles. The first-order valence-corrected chi connectivity index (χ1v) is 14.1. The Labute approximate surface area is 235 Å². The topological polar surface area (TPSA) is 56.8 Å². The standard InChI is InChI=1S/C28H37Cl3N4O2/c1-18(23-7-5-19(29)15-25(23)31)32-26-16-22(6-8-24(26)30)34-13-10-21(11-14-34)35-12-9-20(17-35)33-27(36)37-28(2,3)4/h5-8,15-16,18,20-21,32H,9-14,17H2,1-4H3,(H,33,36). The maximum Gasteiger partial charge on any atom is 0.407 e. The number of nitrogens with zero attached hydrogens (tertiary/aromatic N) is 2. The van der Waals surface area contributed by atoms with Crippen LogP contribution in [0.2, 0.25) is 15.1 Å².